The smallest absolute Gasteiger partial charge is 0.343 e. The maximum Gasteiger partial charge on any atom is 0.343 e. The Morgan fingerprint density at radius 1 is 1.47 bits per heavy atom. The summed E-state index contributed by atoms with van der Waals surface area (Å²) in [5.74, 6) is 0.0715. The summed E-state index contributed by atoms with van der Waals surface area (Å²) in [5.41, 5.74) is 0.410. The third-order valence-electron chi connectivity index (χ3n) is 2.60. The summed E-state index contributed by atoms with van der Waals surface area (Å²) in [6.45, 7) is 5.93. The van der Waals surface area contributed by atoms with Crippen molar-refractivity contribution in [1.82, 2.24) is 14.9 Å². The van der Waals surface area contributed by atoms with Crippen molar-refractivity contribution in [3.63, 3.8) is 0 Å². The molecular weight excluding hydrogens is 244 g/mol. The molecule has 1 heterocycles. The Morgan fingerprint density at radius 3 is 2.74 bits per heavy atom. The molecule has 0 fully saturated rings. The summed E-state index contributed by atoms with van der Waals surface area (Å²) in [7, 11) is 5.41. The highest BCUT2D eigenvalue weighted by Gasteiger charge is 2.20. The summed E-state index contributed by atoms with van der Waals surface area (Å²) >= 11 is 0. The number of carbonyl (C=O) groups excluding carboxylic acids is 1. The zero-order chi connectivity index (χ0) is 14.5. The number of anilines is 1. The number of methoxy groups -OCH3 is 1. The Balaban J connectivity index is 2.75. The molecule has 0 saturated carbocycles. The first-order valence-electron chi connectivity index (χ1n) is 6.12. The molecule has 0 amide bonds. The van der Waals surface area contributed by atoms with Crippen LogP contribution >= 0.6 is 0 Å². The number of nitrogens with one attached hydrogen (secondary N) is 1. The Bertz CT molecular complexity index is 432. The zero-order valence-electron chi connectivity index (χ0n) is 12.2. The van der Waals surface area contributed by atoms with Crippen molar-refractivity contribution in [1.29, 1.82) is 0 Å². The minimum atomic E-state index is -0.437. The monoisotopic (exact) mass is 266 g/mol. The molecule has 106 valence electrons. The summed E-state index contributed by atoms with van der Waals surface area (Å²) in [6.07, 6.45) is 2.87. The number of nitrogens with zero attached hydrogens (tertiary/aromatic N) is 3. The molecule has 0 atom stereocenters. The molecule has 1 N–H and O–H groups in total. The molecule has 0 aromatic carbocycles. The lowest BCUT2D eigenvalue weighted by molar-refractivity contribution is 0.0601. The van der Waals surface area contributed by atoms with Crippen molar-refractivity contribution in [3.05, 3.63) is 18.1 Å². The minimum absolute atomic E-state index is 0.0574. The molecule has 1 aromatic rings. The van der Waals surface area contributed by atoms with E-state index in [1.165, 1.54) is 19.6 Å². The van der Waals surface area contributed by atoms with E-state index < -0.39 is 5.97 Å². The highest BCUT2D eigenvalue weighted by molar-refractivity contribution is 5.94. The van der Waals surface area contributed by atoms with Gasteiger partial charge < -0.3 is 15.0 Å². The van der Waals surface area contributed by atoms with E-state index in [9.17, 15) is 4.79 Å². The van der Waals surface area contributed by atoms with E-state index in [0.29, 0.717) is 17.9 Å². The molecule has 19 heavy (non-hydrogen) atoms. The molecular formula is C13H22N4O2. The first-order valence-corrected chi connectivity index (χ1v) is 6.12. The number of aromatic nitrogens is 2. The van der Waals surface area contributed by atoms with Gasteiger partial charge in [0.15, 0.2) is 0 Å². The fourth-order valence-corrected chi connectivity index (χ4v) is 1.96. The molecule has 0 aliphatic carbocycles. The molecule has 0 aliphatic heterocycles. The number of esters is 1. The molecule has 1 aromatic heterocycles. The Kier molecular flexibility index (Phi) is 5.23. The third kappa shape index (κ3) is 4.82. The lowest BCUT2D eigenvalue weighted by Crippen LogP contribution is -2.34. The van der Waals surface area contributed by atoms with E-state index in [2.05, 4.69) is 34.0 Å². The summed E-state index contributed by atoms with van der Waals surface area (Å²) in [5, 5.41) is 3.20. The molecule has 6 heteroatoms. The SMILES string of the molecule is COC(=O)c1cncnc1NCC(C)(C)CN(C)C. The standard InChI is InChI=1S/C13H22N4O2/c1-13(2,8-17(3)4)7-15-11-10(12(18)19-5)6-14-9-16-11/h6,9H,7-8H2,1-5H3,(H,14,15,16). The van der Waals surface area contributed by atoms with Crippen LogP contribution < -0.4 is 5.32 Å². The number of hydrogen-bond acceptors (Lipinski definition) is 6. The number of ether oxygens (including phenoxy) is 1. The summed E-state index contributed by atoms with van der Waals surface area (Å²) < 4.78 is 4.71. The number of carbonyl (C=O) groups is 1. The fraction of sp³-hybridized carbons (Fsp3) is 0.615. The van der Waals surface area contributed by atoms with Crippen LogP contribution in [-0.4, -0.2) is 55.1 Å². The summed E-state index contributed by atoms with van der Waals surface area (Å²) in [6, 6.07) is 0. The van der Waals surface area contributed by atoms with Gasteiger partial charge in [0.25, 0.3) is 0 Å². The van der Waals surface area contributed by atoms with Crippen LogP contribution in [0.25, 0.3) is 0 Å². The fourth-order valence-electron chi connectivity index (χ4n) is 1.96. The predicted octanol–water partition coefficient (Wildman–Crippen LogP) is 1.26. The van der Waals surface area contributed by atoms with Gasteiger partial charge in [0.2, 0.25) is 0 Å². The van der Waals surface area contributed by atoms with Gasteiger partial charge >= 0.3 is 5.97 Å². The van der Waals surface area contributed by atoms with Gasteiger partial charge in [-0.25, -0.2) is 14.8 Å². The zero-order valence-corrected chi connectivity index (χ0v) is 12.2. The number of hydrogen-bond donors (Lipinski definition) is 1. The highest BCUT2D eigenvalue weighted by atomic mass is 16.5. The van der Waals surface area contributed by atoms with E-state index in [1.807, 2.05) is 14.1 Å². The second-order valence-electron chi connectivity index (χ2n) is 5.53. The van der Waals surface area contributed by atoms with Crippen molar-refractivity contribution >= 4 is 11.8 Å². The normalized spacial score (nSPS) is 11.5. The van der Waals surface area contributed by atoms with Gasteiger partial charge in [0, 0.05) is 19.3 Å². The van der Waals surface area contributed by atoms with Crippen LogP contribution in [0, 0.1) is 5.41 Å². The maximum absolute atomic E-state index is 11.6. The van der Waals surface area contributed by atoms with Gasteiger partial charge in [0.05, 0.1) is 7.11 Å². The largest absolute Gasteiger partial charge is 0.465 e. The second kappa shape index (κ2) is 6.47. The van der Waals surface area contributed by atoms with Crippen LogP contribution in [0.15, 0.2) is 12.5 Å². The van der Waals surface area contributed by atoms with Crippen molar-refractivity contribution in [2.75, 3.05) is 39.6 Å². The maximum atomic E-state index is 11.6. The van der Waals surface area contributed by atoms with Crippen LogP contribution in [0.2, 0.25) is 0 Å². The molecule has 0 radical (unpaired) electrons. The molecule has 0 aliphatic rings. The van der Waals surface area contributed by atoms with Crippen LogP contribution in [0.3, 0.4) is 0 Å². The number of rotatable bonds is 6. The first kappa shape index (κ1) is 15.4. The Morgan fingerprint density at radius 2 is 2.16 bits per heavy atom. The van der Waals surface area contributed by atoms with E-state index in [0.717, 1.165) is 6.54 Å². The van der Waals surface area contributed by atoms with Crippen molar-refractivity contribution < 1.29 is 9.53 Å². The molecule has 6 nitrogen and oxygen atoms in total. The molecule has 0 saturated heterocycles. The van der Waals surface area contributed by atoms with E-state index in [-0.39, 0.29) is 5.41 Å². The van der Waals surface area contributed by atoms with Crippen molar-refractivity contribution in [3.8, 4) is 0 Å². The van der Waals surface area contributed by atoms with Crippen LogP contribution in [-0.2, 0) is 4.74 Å². The lowest BCUT2D eigenvalue weighted by Gasteiger charge is -2.28. The average Bonchev–Trinajstić information content (AvgIpc) is 2.34. The van der Waals surface area contributed by atoms with Gasteiger partial charge in [-0.05, 0) is 19.5 Å². The Hall–Kier alpha value is -1.69. The van der Waals surface area contributed by atoms with Gasteiger partial charge in [-0.1, -0.05) is 13.8 Å². The first-order chi connectivity index (χ1) is 8.85. The van der Waals surface area contributed by atoms with Gasteiger partial charge in [-0.15, -0.1) is 0 Å². The van der Waals surface area contributed by atoms with Crippen molar-refractivity contribution in [2.45, 2.75) is 13.8 Å². The Labute approximate surface area is 114 Å². The second-order valence-corrected chi connectivity index (χ2v) is 5.53. The van der Waals surface area contributed by atoms with Crippen LogP contribution in [0.1, 0.15) is 24.2 Å². The molecule has 0 unspecified atom stereocenters. The average molecular weight is 266 g/mol. The molecule has 0 spiro atoms. The van der Waals surface area contributed by atoms with E-state index >= 15 is 0 Å². The topological polar surface area (TPSA) is 67.3 Å². The van der Waals surface area contributed by atoms with Crippen LogP contribution in [0.4, 0.5) is 5.82 Å². The predicted molar refractivity (Wildman–Crippen MR) is 74.2 cm³/mol. The van der Waals surface area contributed by atoms with Gasteiger partial charge in [0.1, 0.15) is 17.7 Å². The van der Waals surface area contributed by atoms with Gasteiger partial charge in [-0.3, -0.25) is 0 Å². The minimum Gasteiger partial charge on any atom is -0.465 e. The van der Waals surface area contributed by atoms with E-state index in [1.54, 1.807) is 0 Å². The lowest BCUT2D eigenvalue weighted by atomic mass is 9.93. The van der Waals surface area contributed by atoms with Crippen LogP contribution in [0.5, 0.6) is 0 Å². The molecule has 0 bridgehead atoms. The third-order valence-corrected chi connectivity index (χ3v) is 2.60. The van der Waals surface area contributed by atoms with E-state index in [4.69, 9.17) is 4.74 Å². The van der Waals surface area contributed by atoms with Gasteiger partial charge in [-0.2, -0.15) is 0 Å². The molecule has 1 rings (SSSR count). The highest BCUT2D eigenvalue weighted by Crippen LogP contribution is 2.18. The van der Waals surface area contributed by atoms with Crippen molar-refractivity contribution in [2.24, 2.45) is 5.41 Å². The summed E-state index contributed by atoms with van der Waals surface area (Å²) in [4.78, 5) is 21.7. The quantitative estimate of drug-likeness (QED) is 0.782.